The molecule has 200 valence electrons. The summed E-state index contributed by atoms with van der Waals surface area (Å²) in [4.78, 5) is 18.5. The SMILES string of the molecule is CC[C@@H](CC(=O)O)c1ccc(N(CC(C)C)C2CCS(=O)(=O)CC2)c(Nc2ccc3sc(C)nc3c2)c1. The van der Waals surface area contributed by atoms with Gasteiger partial charge in [0.05, 0.1) is 44.5 Å². The molecule has 0 aliphatic carbocycles. The van der Waals surface area contributed by atoms with E-state index in [9.17, 15) is 18.3 Å². The van der Waals surface area contributed by atoms with Crippen molar-refractivity contribution in [1.82, 2.24) is 4.98 Å². The van der Waals surface area contributed by atoms with Gasteiger partial charge in [-0.05, 0) is 73.9 Å². The van der Waals surface area contributed by atoms with Crippen molar-refractivity contribution < 1.29 is 18.3 Å². The molecule has 4 rings (SSSR count). The summed E-state index contributed by atoms with van der Waals surface area (Å²) in [6.45, 7) is 9.16. The molecule has 0 amide bonds. The predicted molar refractivity (Wildman–Crippen MR) is 153 cm³/mol. The average molecular weight is 544 g/mol. The van der Waals surface area contributed by atoms with Crippen LogP contribution in [-0.2, 0) is 14.6 Å². The molecule has 0 unspecified atom stereocenters. The van der Waals surface area contributed by atoms with Gasteiger partial charge >= 0.3 is 5.97 Å². The molecule has 7 nitrogen and oxygen atoms in total. The Morgan fingerprint density at radius 1 is 1.19 bits per heavy atom. The number of anilines is 3. The number of hydrogen-bond donors (Lipinski definition) is 2. The Morgan fingerprint density at radius 3 is 2.57 bits per heavy atom. The molecule has 1 atom stereocenters. The van der Waals surface area contributed by atoms with Crippen LogP contribution in [0.1, 0.15) is 62.9 Å². The second-order valence-electron chi connectivity index (χ2n) is 10.4. The summed E-state index contributed by atoms with van der Waals surface area (Å²) in [5.74, 6) is -0.0861. The smallest absolute Gasteiger partial charge is 0.303 e. The predicted octanol–water partition coefficient (Wildman–Crippen LogP) is 6.36. The molecule has 0 radical (unpaired) electrons. The molecule has 37 heavy (non-hydrogen) atoms. The molecule has 3 aromatic rings. The molecule has 9 heteroatoms. The van der Waals surface area contributed by atoms with E-state index in [4.69, 9.17) is 0 Å². The Bertz CT molecular complexity index is 1350. The Labute approximate surface area is 223 Å². The number of thiazole rings is 1. The number of aromatic nitrogens is 1. The number of benzene rings is 2. The topological polar surface area (TPSA) is 99.6 Å². The number of carboxylic acids is 1. The number of carbonyl (C=O) groups is 1. The standard InChI is InChI=1S/C28H37N3O4S2/c1-5-20(15-28(32)33)21-6-8-26(31(17-18(2)3)23-10-12-37(34,35)13-11-23)24(14-21)30-22-7-9-27-25(16-22)29-19(4)36-27/h6-9,14,16,18,20,23,30H,5,10-13,15,17H2,1-4H3,(H,32,33)/t20-/m0/s1. The van der Waals surface area contributed by atoms with Crippen molar-refractivity contribution >= 4 is 54.4 Å². The van der Waals surface area contributed by atoms with Gasteiger partial charge in [-0.3, -0.25) is 4.79 Å². The summed E-state index contributed by atoms with van der Waals surface area (Å²) in [6, 6.07) is 12.5. The summed E-state index contributed by atoms with van der Waals surface area (Å²) >= 11 is 1.66. The minimum atomic E-state index is -2.97. The highest BCUT2D eigenvalue weighted by molar-refractivity contribution is 7.91. The second-order valence-corrected chi connectivity index (χ2v) is 14.0. The van der Waals surface area contributed by atoms with E-state index < -0.39 is 15.8 Å². The molecule has 1 saturated heterocycles. The third-order valence-electron chi connectivity index (χ3n) is 7.02. The fraction of sp³-hybridized carbons (Fsp3) is 0.500. The van der Waals surface area contributed by atoms with Gasteiger partial charge in [-0.2, -0.15) is 0 Å². The molecular formula is C28H37N3O4S2. The molecule has 2 heterocycles. The van der Waals surface area contributed by atoms with Crippen LogP contribution in [0.15, 0.2) is 36.4 Å². The summed E-state index contributed by atoms with van der Waals surface area (Å²) in [5.41, 5.74) is 4.76. The highest BCUT2D eigenvalue weighted by atomic mass is 32.2. The number of sulfone groups is 1. The summed E-state index contributed by atoms with van der Waals surface area (Å²) in [6.07, 6.45) is 2.02. The van der Waals surface area contributed by atoms with Gasteiger partial charge in [0.2, 0.25) is 0 Å². The van der Waals surface area contributed by atoms with Crippen molar-refractivity contribution in [3.8, 4) is 0 Å². The van der Waals surface area contributed by atoms with E-state index in [-0.39, 0.29) is 29.9 Å². The van der Waals surface area contributed by atoms with Gasteiger partial charge < -0.3 is 15.3 Å². The highest BCUT2D eigenvalue weighted by Crippen LogP contribution is 2.38. The lowest BCUT2D eigenvalue weighted by Gasteiger charge is -2.38. The van der Waals surface area contributed by atoms with Gasteiger partial charge in [-0.15, -0.1) is 11.3 Å². The Kier molecular flexibility index (Phi) is 8.43. The van der Waals surface area contributed by atoms with Gasteiger partial charge in [0.25, 0.3) is 0 Å². The molecular weight excluding hydrogens is 506 g/mol. The van der Waals surface area contributed by atoms with E-state index in [1.165, 1.54) is 0 Å². The molecule has 1 aromatic heterocycles. The molecule has 1 aliphatic rings. The van der Waals surface area contributed by atoms with E-state index in [1.54, 1.807) is 11.3 Å². The summed E-state index contributed by atoms with van der Waals surface area (Å²) < 4.78 is 25.4. The quantitative estimate of drug-likeness (QED) is 0.307. The van der Waals surface area contributed by atoms with Crippen LogP contribution < -0.4 is 10.2 Å². The second kappa shape index (κ2) is 11.4. The zero-order chi connectivity index (χ0) is 26.7. The normalized spacial score (nSPS) is 16.7. The van der Waals surface area contributed by atoms with Crippen molar-refractivity contribution in [3.63, 3.8) is 0 Å². The van der Waals surface area contributed by atoms with Crippen LogP contribution in [0.5, 0.6) is 0 Å². The van der Waals surface area contributed by atoms with Crippen molar-refractivity contribution in [2.24, 2.45) is 5.92 Å². The molecule has 2 aromatic carbocycles. The maximum atomic E-state index is 12.2. The monoisotopic (exact) mass is 543 g/mol. The maximum Gasteiger partial charge on any atom is 0.303 e. The Hall–Kier alpha value is -2.65. The number of nitrogens with zero attached hydrogens (tertiary/aromatic N) is 2. The number of aliphatic carboxylic acids is 1. The van der Waals surface area contributed by atoms with Crippen LogP contribution in [0.3, 0.4) is 0 Å². The maximum absolute atomic E-state index is 12.2. The zero-order valence-corrected chi connectivity index (χ0v) is 23.7. The molecule has 0 saturated carbocycles. The number of rotatable bonds is 10. The Morgan fingerprint density at radius 2 is 1.92 bits per heavy atom. The van der Waals surface area contributed by atoms with Gasteiger partial charge in [-0.1, -0.05) is 26.8 Å². The van der Waals surface area contributed by atoms with E-state index in [1.807, 2.05) is 32.0 Å². The molecule has 0 bridgehead atoms. The first-order chi connectivity index (χ1) is 17.5. The van der Waals surface area contributed by atoms with Crippen molar-refractivity contribution in [2.45, 2.75) is 65.3 Å². The lowest BCUT2D eigenvalue weighted by molar-refractivity contribution is -0.137. The third-order valence-corrected chi connectivity index (χ3v) is 9.68. The van der Waals surface area contributed by atoms with Crippen LogP contribution in [-0.4, -0.2) is 48.6 Å². The molecule has 1 aliphatic heterocycles. The van der Waals surface area contributed by atoms with Crippen molar-refractivity contribution in [2.75, 3.05) is 28.3 Å². The van der Waals surface area contributed by atoms with Gasteiger partial charge in [-0.25, -0.2) is 13.4 Å². The minimum Gasteiger partial charge on any atom is -0.481 e. The van der Waals surface area contributed by atoms with E-state index in [0.29, 0.717) is 18.8 Å². The fourth-order valence-corrected chi connectivity index (χ4v) is 7.44. The first-order valence-electron chi connectivity index (χ1n) is 13.0. The summed E-state index contributed by atoms with van der Waals surface area (Å²) in [7, 11) is -2.97. The van der Waals surface area contributed by atoms with Crippen LogP contribution in [0.25, 0.3) is 10.2 Å². The molecule has 0 spiro atoms. The van der Waals surface area contributed by atoms with Crippen LogP contribution in [0.4, 0.5) is 17.1 Å². The van der Waals surface area contributed by atoms with Gasteiger partial charge in [0, 0.05) is 18.3 Å². The fourth-order valence-electron chi connectivity index (χ4n) is 5.17. The third kappa shape index (κ3) is 6.82. The molecule has 2 N–H and O–H groups in total. The van der Waals surface area contributed by atoms with Gasteiger partial charge in [0.1, 0.15) is 9.84 Å². The first-order valence-corrected chi connectivity index (χ1v) is 15.7. The van der Waals surface area contributed by atoms with Crippen LogP contribution in [0.2, 0.25) is 0 Å². The number of nitrogens with one attached hydrogen (secondary N) is 1. The molecule has 1 fully saturated rings. The van der Waals surface area contributed by atoms with E-state index in [0.717, 1.165) is 50.8 Å². The van der Waals surface area contributed by atoms with E-state index in [2.05, 4.69) is 47.2 Å². The highest BCUT2D eigenvalue weighted by Gasteiger charge is 2.30. The largest absolute Gasteiger partial charge is 0.481 e. The van der Waals surface area contributed by atoms with Crippen LogP contribution >= 0.6 is 11.3 Å². The Balaban J connectivity index is 1.76. The number of aryl methyl sites for hydroxylation is 1. The van der Waals surface area contributed by atoms with Crippen molar-refractivity contribution in [3.05, 3.63) is 47.0 Å². The minimum absolute atomic E-state index is 0.0789. The van der Waals surface area contributed by atoms with Gasteiger partial charge in [0.15, 0.2) is 0 Å². The first kappa shape index (κ1) is 27.4. The number of carboxylic acid groups (broad SMARTS) is 1. The number of fused-ring (bicyclic) bond motifs is 1. The lowest BCUT2D eigenvalue weighted by atomic mass is 9.92. The average Bonchev–Trinajstić information content (AvgIpc) is 3.20. The zero-order valence-electron chi connectivity index (χ0n) is 22.0. The number of hydrogen-bond acceptors (Lipinski definition) is 7. The summed E-state index contributed by atoms with van der Waals surface area (Å²) in [5, 5.41) is 14.1. The lowest BCUT2D eigenvalue weighted by Crippen LogP contribution is -2.43. The van der Waals surface area contributed by atoms with E-state index >= 15 is 0 Å². The van der Waals surface area contributed by atoms with Crippen molar-refractivity contribution in [1.29, 1.82) is 0 Å². The van der Waals surface area contributed by atoms with Crippen LogP contribution in [0, 0.1) is 12.8 Å².